The molecular weight excluding hydrogens is 589 g/mol. The number of nitrogens with one attached hydrogen (secondary N) is 3. The summed E-state index contributed by atoms with van der Waals surface area (Å²) in [6.07, 6.45) is 5.81. The standard InChI is InChI=1S/C30H36N6O3S3/c1-20(29-33-22(18-41-29)14-26(37)31-10-5-13-35-12-4-8-28(35)39)16-36-17-21(24-6-2-3-7-25(24)36)9-11-32-27(38)15-23-19-42-30(40)34-23/h2-3,6-7,17-20H,4-5,8-16H2,1H3,(H,31,37)(H,32,38)(H,34,40). The predicted octanol–water partition coefficient (Wildman–Crippen LogP) is 4.59. The van der Waals surface area contributed by atoms with E-state index in [9.17, 15) is 14.4 Å². The molecule has 9 nitrogen and oxygen atoms in total. The van der Waals surface area contributed by atoms with Gasteiger partial charge < -0.3 is 25.1 Å². The van der Waals surface area contributed by atoms with E-state index in [4.69, 9.17) is 17.2 Å². The number of hydrogen-bond acceptors (Lipinski definition) is 7. The SMILES string of the molecule is CC(Cn1cc(CCNC(=O)Cc2csc(=S)[nH]2)c2ccccc21)c1nc(CC(=O)NCCCN2CCCC2=O)cs1. The van der Waals surface area contributed by atoms with Crippen molar-refractivity contribution in [2.75, 3.05) is 26.2 Å². The van der Waals surface area contributed by atoms with Gasteiger partial charge in [-0.25, -0.2) is 4.98 Å². The fraction of sp³-hybridized carbons (Fsp3) is 0.433. The number of hydrogen-bond donors (Lipinski definition) is 3. The number of fused-ring (bicyclic) bond motifs is 1. The van der Waals surface area contributed by atoms with Crippen LogP contribution < -0.4 is 10.6 Å². The van der Waals surface area contributed by atoms with E-state index in [0.29, 0.717) is 36.4 Å². The number of carbonyl (C=O) groups is 3. The summed E-state index contributed by atoms with van der Waals surface area (Å²) in [5.74, 6) is 0.321. The first-order valence-electron chi connectivity index (χ1n) is 14.3. The zero-order valence-corrected chi connectivity index (χ0v) is 26.1. The van der Waals surface area contributed by atoms with Gasteiger partial charge in [0.2, 0.25) is 17.7 Å². The van der Waals surface area contributed by atoms with Gasteiger partial charge in [0.15, 0.2) is 3.95 Å². The van der Waals surface area contributed by atoms with E-state index < -0.39 is 0 Å². The predicted molar refractivity (Wildman–Crippen MR) is 170 cm³/mol. The summed E-state index contributed by atoms with van der Waals surface area (Å²) in [5.41, 5.74) is 3.97. The van der Waals surface area contributed by atoms with E-state index in [-0.39, 0.29) is 30.1 Å². The summed E-state index contributed by atoms with van der Waals surface area (Å²) in [6, 6.07) is 8.34. The fourth-order valence-corrected chi connectivity index (χ4v) is 7.04. The Labute approximate surface area is 258 Å². The normalized spacial score (nSPS) is 14.0. The smallest absolute Gasteiger partial charge is 0.226 e. The Hall–Kier alpha value is -3.35. The highest BCUT2D eigenvalue weighted by Gasteiger charge is 2.19. The first kappa shape index (κ1) is 30.1. The first-order valence-corrected chi connectivity index (χ1v) is 16.5. The second-order valence-electron chi connectivity index (χ2n) is 10.7. The van der Waals surface area contributed by atoms with Gasteiger partial charge in [0.05, 0.1) is 23.5 Å². The van der Waals surface area contributed by atoms with Crippen molar-refractivity contribution in [3.63, 3.8) is 0 Å². The number of aromatic amines is 1. The van der Waals surface area contributed by atoms with Gasteiger partial charge >= 0.3 is 0 Å². The zero-order valence-electron chi connectivity index (χ0n) is 23.7. The minimum absolute atomic E-state index is 0.0248. The third-order valence-electron chi connectivity index (χ3n) is 7.41. The lowest BCUT2D eigenvalue weighted by Crippen LogP contribution is -2.31. The number of benzene rings is 1. The molecule has 1 atom stereocenters. The second-order valence-corrected chi connectivity index (χ2v) is 13.2. The molecule has 1 unspecified atom stereocenters. The van der Waals surface area contributed by atoms with E-state index >= 15 is 0 Å². The molecule has 4 aromatic rings. The fourth-order valence-electron chi connectivity index (χ4n) is 5.31. The lowest BCUT2D eigenvalue weighted by molar-refractivity contribution is -0.127. The minimum Gasteiger partial charge on any atom is -0.356 e. The number of likely N-dealkylation sites (tertiary alicyclic amines) is 1. The van der Waals surface area contributed by atoms with Crippen LogP contribution in [0.5, 0.6) is 0 Å². The second kappa shape index (κ2) is 14.2. The number of thiazole rings is 2. The molecule has 0 radical (unpaired) electrons. The lowest BCUT2D eigenvalue weighted by atomic mass is 10.1. The van der Waals surface area contributed by atoms with Crippen LogP contribution >= 0.6 is 34.9 Å². The van der Waals surface area contributed by atoms with Crippen molar-refractivity contribution in [2.24, 2.45) is 0 Å². The number of para-hydroxylation sites is 1. The number of rotatable bonds is 14. The van der Waals surface area contributed by atoms with Crippen LogP contribution in [0.2, 0.25) is 0 Å². The highest BCUT2D eigenvalue weighted by Crippen LogP contribution is 2.27. The van der Waals surface area contributed by atoms with Crippen molar-refractivity contribution >= 4 is 63.5 Å². The number of H-pyrrole nitrogens is 1. The van der Waals surface area contributed by atoms with Gasteiger partial charge in [-0.2, -0.15) is 0 Å². The van der Waals surface area contributed by atoms with Crippen LogP contribution in [0.15, 0.2) is 41.2 Å². The van der Waals surface area contributed by atoms with Gasteiger partial charge in [0.25, 0.3) is 0 Å². The van der Waals surface area contributed by atoms with Crippen LogP contribution in [0.25, 0.3) is 10.9 Å². The van der Waals surface area contributed by atoms with Gasteiger partial charge in [-0.1, -0.05) is 25.1 Å². The van der Waals surface area contributed by atoms with E-state index in [1.807, 2.05) is 27.8 Å². The van der Waals surface area contributed by atoms with Gasteiger partial charge in [0, 0.05) is 78.6 Å². The van der Waals surface area contributed by atoms with Crippen molar-refractivity contribution in [1.29, 1.82) is 0 Å². The molecule has 4 heterocycles. The Kier molecular flexibility index (Phi) is 10.2. The number of aromatic nitrogens is 3. The summed E-state index contributed by atoms with van der Waals surface area (Å²) >= 11 is 8.12. The van der Waals surface area contributed by atoms with Crippen molar-refractivity contribution < 1.29 is 14.4 Å². The molecule has 3 N–H and O–H groups in total. The molecule has 222 valence electrons. The first-order chi connectivity index (χ1) is 20.4. The van der Waals surface area contributed by atoms with Crippen molar-refractivity contribution in [3.8, 4) is 0 Å². The summed E-state index contributed by atoms with van der Waals surface area (Å²) in [4.78, 5) is 46.2. The summed E-state index contributed by atoms with van der Waals surface area (Å²) in [5, 5.41) is 12.0. The van der Waals surface area contributed by atoms with Crippen LogP contribution in [0.1, 0.15) is 54.1 Å². The molecular formula is C30H36N6O3S3. The number of nitrogens with zero attached hydrogens (tertiary/aromatic N) is 3. The van der Waals surface area contributed by atoms with E-state index in [1.54, 1.807) is 11.3 Å². The van der Waals surface area contributed by atoms with E-state index in [1.165, 1.54) is 22.3 Å². The maximum atomic E-state index is 12.5. The molecule has 0 aliphatic carbocycles. The third-order valence-corrected chi connectivity index (χ3v) is 9.65. The molecule has 0 saturated carbocycles. The van der Waals surface area contributed by atoms with Crippen molar-refractivity contribution in [1.82, 2.24) is 30.1 Å². The van der Waals surface area contributed by atoms with Crippen molar-refractivity contribution in [2.45, 2.75) is 57.9 Å². The molecule has 12 heteroatoms. The van der Waals surface area contributed by atoms with Gasteiger partial charge in [-0.05, 0) is 43.1 Å². The van der Waals surface area contributed by atoms with E-state index in [0.717, 1.165) is 54.3 Å². The quantitative estimate of drug-likeness (QED) is 0.140. The maximum absolute atomic E-state index is 12.5. The van der Waals surface area contributed by atoms with Crippen LogP contribution in [0, 0.1) is 3.95 Å². The molecule has 1 aliphatic heterocycles. The highest BCUT2D eigenvalue weighted by atomic mass is 32.1. The highest BCUT2D eigenvalue weighted by molar-refractivity contribution is 7.73. The number of amides is 3. The van der Waals surface area contributed by atoms with Crippen LogP contribution in [0.4, 0.5) is 0 Å². The summed E-state index contributed by atoms with van der Waals surface area (Å²) < 4.78 is 2.94. The Morgan fingerprint density at radius 3 is 2.71 bits per heavy atom. The van der Waals surface area contributed by atoms with Crippen molar-refractivity contribution in [3.05, 3.63) is 67.1 Å². The molecule has 0 bridgehead atoms. The van der Waals surface area contributed by atoms with Crippen LogP contribution in [-0.4, -0.2) is 63.3 Å². The average Bonchev–Trinajstić information content (AvgIpc) is 3.76. The van der Waals surface area contributed by atoms with E-state index in [2.05, 4.69) is 45.4 Å². The Balaban J connectivity index is 1.11. The topological polar surface area (TPSA) is 112 Å². The Bertz CT molecular complexity index is 1600. The molecule has 1 saturated heterocycles. The minimum atomic E-state index is -0.0426. The third kappa shape index (κ3) is 7.93. The molecule has 1 fully saturated rings. The molecule has 1 aliphatic rings. The lowest BCUT2D eigenvalue weighted by Gasteiger charge is -2.15. The molecule has 5 rings (SSSR count). The largest absolute Gasteiger partial charge is 0.356 e. The molecule has 42 heavy (non-hydrogen) atoms. The van der Waals surface area contributed by atoms with Gasteiger partial charge in [-0.15, -0.1) is 22.7 Å². The van der Waals surface area contributed by atoms with Crippen LogP contribution in [-0.2, 0) is 40.2 Å². The van der Waals surface area contributed by atoms with Gasteiger partial charge in [0.1, 0.15) is 0 Å². The summed E-state index contributed by atoms with van der Waals surface area (Å²) in [7, 11) is 0. The zero-order chi connectivity index (χ0) is 29.5. The Morgan fingerprint density at radius 1 is 1.12 bits per heavy atom. The molecule has 1 aromatic carbocycles. The van der Waals surface area contributed by atoms with Crippen LogP contribution in [0.3, 0.4) is 0 Å². The molecule has 3 aromatic heterocycles. The number of carbonyl (C=O) groups excluding carboxylic acids is 3. The molecule has 3 amide bonds. The molecule has 0 spiro atoms. The Morgan fingerprint density at radius 2 is 1.93 bits per heavy atom. The maximum Gasteiger partial charge on any atom is 0.226 e. The summed E-state index contributed by atoms with van der Waals surface area (Å²) in [6.45, 7) is 5.57. The van der Waals surface area contributed by atoms with Gasteiger partial charge in [-0.3, -0.25) is 14.4 Å². The average molecular weight is 625 g/mol. The monoisotopic (exact) mass is 624 g/mol.